The zero-order valence-corrected chi connectivity index (χ0v) is 7.93. The van der Waals surface area contributed by atoms with Gasteiger partial charge in [0.05, 0.1) is 11.5 Å². The van der Waals surface area contributed by atoms with Gasteiger partial charge in [-0.3, -0.25) is 14.8 Å². The maximum atomic E-state index is 10.3. The normalized spacial score (nSPS) is 10.1. The Morgan fingerprint density at radius 2 is 2.57 bits per heavy atom. The SMILES string of the molecule is C=C(CNC)Cn1cc([N+](=O)[O-])cn1. The van der Waals surface area contributed by atoms with Gasteiger partial charge < -0.3 is 5.32 Å². The summed E-state index contributed by atoms with van der Waals surface area (Å²) in [5, 5.41) is 17.1. The zero-order valence-electron chi connectivity index (χ0n) is 7.93. The van der Waals surface area contributed by atoms with Crippen LogP contribution in [0.5, 0.6) is 0 Å². The predicted octanol–water partition coefficient (Wildman–Crippen LogP) is 0.567. The van der Waals surface area contributed by atoms with E-state index < -0.39 is 4.92 Å². The fourth-order valence-electron chi connectivity index (χ4n) is 1.07. The highest BCUT2D eigenvalue weighted by molar-refractivity contribution is 5.21. The van der Waals surface area contributed by atoms with Crippen LogP contribution in [0, 0.1) is 10.1 Å². The molecular weight excluding hydrogens is 184 g/mol. The monoisotopic (exact) mass is 196 g/mol. The van der Waals surface area contributed by atoms with Crippen LogP contribution in [-0.4, -0.2) is 28.3 Å². The van der Waals surface area contributed by atoms with E-state index in [1.165, 1.54) is 17.1 Å². The van der Waals surface area contributed by atoms with Gasteiger partial charge in [-0.15, -0.1) is 0 Å². The number of rotatable bonds is 5. The van der Waals surface area contributed by atoms with Crippen LogP contribution in [0.4, 0.5) is 5.69 Å². The van der Waals surface area contributed by atoms with Gasteiger partial charge >= 0.3 is 5.69 Å². The first-order valence-corrected chi connectivity index (χ1v) is 4.11. The van der Waals surface area contributed by atoms with Crippen molar-refractivity contribution in [3.8, 4) is 0 Å². The molecule has 0 saturated carbocycles. The van der Waals surface area contributed by atoms with Crippen LogP contribution in [-0.2, 0) is 6.54 Å². The fraction of sp³-hybridized carbons (Fsp3) is 0.375. The van der Waals surface area contributed by atoms with Crippen molar-refractivity contribution in [2.24, 2.45) is 0 Å². The lowest BCUT2D eigenvalue weighted by atomic mass is 10.3. The van der Waals surface area contributed by atoms with E-state index in [9.17, 15) is 10.1 Å². The molecule has 14 heavy (non-hydrogen) atoms. The van der Waals surface area contributed by atoms with E-state index in [2.05, 4.69) is 17.0 Å². The van der Waals surface area contributed by atoms with Crippen LogP contribution in [0.3, 0.4) is 0 Å². The summed E-state index contributed by atoms with van der Waals surface area (Å²) in [5.41, 5.74) is 0.924. The lowest BCUT2D eigenvalue weighted by Gasteiger charge is -2.03. The molecule has 0 unspecified atom stereocenters. The molecule has 0 saturated heterocycles. The highest BCUT2D eigenvalue weighted by Gasteiger charge is 2.08. The topological polar surface area (TPSA) is 73.0 Å². The van der Waals surface area contributed by atoms with Crippen LogP contribution in [0.25, 0.3) is 0 Å². The van der Waals surface area contributed by atoms with Crippen molar-refractivity contribution in [2.45, 2.75) is 6.54 Å². The van der Waals surface area contributed by atoms with E-state index in [1.54, 1.807) is 0 Å². The molecule has 1 aromatic heterocycles. The second-order valence-electron chi connectivity index (χ2n) is 2.93. The second kappa shape index (κ2) is 4.52. The molecule has 0 aliphatic carbocycles. The van der Waals surface area contributed by atoms with Crippen molar-refractivity contribution in [1.82, 2.24) is 15.1 Å². The van der Waals surface area contributed by atoms with Crippen molar-refractivity contribution in [3.63, 3.8) is 0 Å². The molecule has 0 bridgehead atoms. The first kappa shape index (κ1) is 10.4. The van der Waals surface area contributed by atoms with E-state index >= 15 is 0 Å². The van der Waals surface area contributed by atoms with Gasteiger partial charge in [0.1, 0.15) is 12.4 Å². The van der Waals surface area contributed by atoms with Gasteiger partial charge in [-0.2, -0.15) is 5.10 Å². The lowest BCUT2D eigenvalue weighted by molar-refractivity contribution is -0.385. The molecule has 0 aliphatic rings. The number of nitrogens with zero attached hydrogens (tertiary/aromatic N) is 3. The summed E-state index contributed by atoms with van der Waals surface area (Å²) in [7, 11) is 1.82. The number of nitro groups is 1. The van der Waals surface area contributed by atoms with Gasteiger partial charge in [-0.05, 0) is 12.6 Å². The van der Waals surface area contributed by atoms with Crippen LogP contribution >= 0.6 is 0 Å². The van der Waals surface area contributed by atoms with E-state index in [-0.39, 0.29) is 5.69 Å². The first-order chi connectivity index (χ1) is 6.63. The molecule has 0 spiro atoms. The molecule has 1 N–H and O–H groups in total. The quantitative estimate of drug-likeness (QED) is 0.424. The summed E-state index contributed by atoms with van der Waals surface area (Å²) >= 11 is 0. The number of aromatic nitrogens is 2. The molecule has 0 aromatic carbocycles. The Morgan fingerprint density at radius 3 is 3.07 bits per heavy atom. The molecule has 1 rings (SSSR count). The minimum atomic E-state index is -0.468. The Bertz CT molecular complexity index is 345. The largest absolute Gasteiger partial charge is 0.316 e. The summed E-state index contributed by atoms with van der Waals surface area (Å²) in [6.45, 7) is 4.97. The Labute approximate surface area is 81.4 Å². The summed E-state index contributed by atoms with van der Waals surface area (Å²) in [6, 6.07) is 0. The molecule has 0 amide bonds. The summed E-state index contributed by atoms with van der Waals surface area (Å²) in [4.78, 5) is 9.88. The second-order valence-corrected chi connectivity index (χ2v) is 2.93. The van der Waals surface area contributed by atoms with Crippen LogP contribution < -0.4 is 5.32 Å². The van der Waals surface area contributed by atoms with Crippen molar-refractivity contribution in [2.75, 3.05) is 13.6 Å². The molecular formula is C8H12N4O2. The zero-order chi connectivity index (χ0) is 10.6. The van der Waals surface area contributed by atoms with Gasteiger partial charge in [0.15, 0.2) is 0 Å². The van der Waals surface area contributed by atoms with Gasteiger partial charge in [-0.25, -0.2) is 0 Å². The number of hydrogen-bond donors (Lipinski definition) is 1. The third kappa shape index (κ3) is 2.67. The Morgan fingerprint density at radius 1 is 1.86 bits per heavy atom. The van der Waals surface area contributed by atoms with Crippen LogP contribution in [0.2, 0.25) is 0 Å². The summed E-state index contributed by atoms with van der Waals surface area (Å²) < 4.78 is 1.50. The highest BCUT2D eigenvalue weighted by atomic mass is 16.6. The third-order valence-corrected chi connectivity index (χ3v) is 1.64. The average molecular weight is 196 g/mol. The van der Waals surface area contributed by atoms with E-state index in [0.717, 1.165) is 5.57 Å². The van der Waals surface area contributed by atoms with E-state index in [0.29, 0.717) is 13.1 Å². The molecule has 6 heteroatoms. The van der Waals surface area contributed by atoms with Gasteiger partial charge in [0.25, 0.3) is 0 Å². The first-order valence-electron chi connectivity index (χ1n) is 4.11. The molecule has 6 nitrogen and oxygen atoms in total. The molecule has 0 fully saturated rings. The standard InChI is InChI=1S/C8H12N4O2/c1-7(3-9-2)5-11-6-8(4-10-11)12(13)14/h4,6,9H,1,3,5H2,2H3. The minimum absolute atomic E-state index is 0.00209. The number of nitrogens with one attached hydrogen (secondary N) is 1. The van der Waals surface area contributed by atoms with Gasteiger partial charge in [-0.1, -0.05) is 6.58 Å². The number of likely N-dealkylation sites (N-methyl/N-ethyl adjacent to an activating group) is 1. The van der Waals surface area contributed by atoms with Crippen molar-refractivity contribution in [3.05, 3.63) is 34.7 Å². The molecule has 0 aliphatic heterocycles. The smallest absolute Gasteiger partial charge is 0.307 e. The Balaban J connectivity index is 2.59. The molecule has 0 radical (unpaired) electrons. The molecule has 76 valence electrons. The Hall–Kier alpha value is -1.69. The van der Waals surface area contributed by atoms with Crippen molar-refractivity contribution >= 4 is 5.69 Å². The van der Waals surface area contributed by atoms with Crippen molar-refractivity contribution in [1.29, 1.82) is 0 Å². The van der Waals surface area contributed by atoms with Gasteiger partial charge in [0.2, 0.25) is 0 Å². The van der Waals surface area contributed by atoms with Gasteiger partial charge in [0, 0.05) is 6.54 Å². The summed E-state index contributed by atoms with van der Waals surface area (Å²) in [6.07, 6.45) is 2.62. The molecule has 1 aromatic rings. The predicted molar refractivity (Wildman–Crippen MR) is 51.9 cm³/mol. The highest BCUT2D eigenvalue weighted by Crippen LogP contribution is 2.08. The number of hydrogen-bond acceptors (Lipinski definition) is 4. The minimum Gasteiger partial charge on any atom is -0.316 e. The fourth-order valence-corrected chi connectivity index (χ4v) is 1.07. The molecule has 0 atom stereocenters. The average Bonchev–Trinajstić information content (AvgIpc) is 2.53. The van der Waals surface area contributed by atoms with Crippen molar-refractivity contribution < 1.29 is 4.92 Å². The van der Waals surface area contributed by atoms with E-state index in [1.807, 2.05) is 7.05 Å². The molecule has 1 heterocycles. The Kier molecular flexibility index (Phi) is 3.35. The maximum absolute atomic E-state index is 10.3. The van der Waals surface area contributed by atoms with E-state index in [4.69, 9.17) is 0 Å². The van der Waals surface area contributed by atoms with Crippen LogP contribution in [0.15, 0.2) is 24.5 Å². The maximum Gasteiger partial charge on any atom is 0.307 e. The van der Waals surface area contributed by atoms with Crippen LogP contribution in [0.1, 0.15) is 0 Å². The third-order valence-electron chi connectivity index (χ3n) is 1.64. The summed E-state index contributed by atoms with van der Waals surface area (Å²) in [5.74, 6) is 0. The lowest BCUT2D eigenvalue weighted by Crippen LogP contribution is -2.14.